The van der Waals surface area contributed by atoms with Crippen molar-refractivity contribution in [2.75, 3.05) is 46.9 Å². The summed E-state index contributed by atoms with van der Waals surface area (Å²) in [6, 6.07) is 0. The minimum absolute atomic E-state index is 0.236. The first-order valence-corrected chi connectivity index (χ1v) is 7.30. The molecule has 1 aliphatic rings. The second-order valence-corrected chi connectivity index (χ2v) is 5.12. The maximum atomic E-state index is 5.43. The summed E-state index contributed by atoms with van der Waals surface area (Å²) in [5.74, 6) is 0. The highest BCUT2D eigenvalue weighted by atomic mass is 16.5. The molecule has 0 radical (unpaired) electrons. The molecule has 1 rings (SSSR count). The largest absolute Gasteiger partial charge is 0.377 e. The Morgan fingerprint density at radius 1 is 1.00 bits per heavy atom. The molecular formula is C14H30N2O2. The molecule has 108 valence electrons. The number of unbranched alkanes of at least 4 members (excludes halogenated alkanes) is 3. The molecule has 4 heteroatoms. The Morgan fingerprint density at radius 3 is 2.22 bits per heavy atom. The minimum Gasteiger partial charge on any atom is -0.377 e. The van der Waals surface area contributed by atoms with Gasteiger partial charge in [0.2, 0.25) is 0 Å². The highest BCUT2D eigenvalue weighted by Gasteiger charge is 2.32. The molecule has 0 aliphatic carbocycles. The van der Waals surface area contributed by atoms with Crippen LogP contribution < -0.4 is 5.32 Å². The first-order valence-electron chi connectivity index (χ1n) is 7.30. The van der Waals surface area contributed by atoms with Gasteiger partial charge in [-0.25, -0.2) is 0 Å². The molecule has 2 unspecified atom stereocenters. The van der Waals surface area contributed by atoms with Gasteiger partial charge < -0.3 is 14.8 Å². The summed E-state index contributed by atoms with van der Waals surface area (Å²) in [7, 11) is 3.54. The van der Waals surface area contributed by atoms with Gasteiger partial charge in [0.15, 0.2) is 0 Å². The van der Waals surface area contributed by atoms with E-state index < -0.39 is 0 Å². The number of ether oxygens (including phenoxy) is 2. The molecule has 2 atom stereocenters. The maximum Gasteiger partial charge on any atom is 0.0971 e. The summed E-state index contributed by atoms with van der Waals surface area (Å²) in [6.07, 6.45) is 5.79. The van der Waals surface area contributed by atoms with Crippen molar-refractivity contribution in [1.82, 2.24) is 10.2 Å². The van der Waals surface area contributed by atoms with Crippen LogP contribution in [0.15, 0.2) is 0 Å². The van der Waals surface area contributed by atoms with Crippen LogP contribution in [-0.2, 0) is 9.47 Å². The molecule has 0 saturated carbocycles. The summed E-state index contributed by atoms with van der Waals surface area (Å²) in [6.45, 7) is 7.54. The van der Waals surface area contributed by atoms with E-state index in [4.69, 9.17) is 9.47 Å². The molecule has 0 amide bonds. The zero-order chi connectivity index (χ0) is 13.2. The lowest BCUT2D eigenvalue weighted by atomic mass is 10.2. The van der Waals surface area contributed by atoms with E-state index in [1.54, 1.807) is 14.2 Å². The number of methoxy groups -OCH3 is 2. The van der Waals surface area contributed by atoms with Gasteiger partial charge in [-0.05, 0) is 13.0 Å². The molecule has 1 saturated heterocycles. The Labute approximate surface area is 112 Å². The number of hydrogen-bond donors (Lipinski definition) is 1. The lowest BCUT2D eigenvalue weighted by Crippen LogP contribution is -2.32. The zero-order valence-corrected chi connectivity index (χ0v) is 12.3. The number of likely N-dealkylation sites (tertiary alicyclic amines) is 1. The van der Waals surface area contributed by atoms with Crippen LogP contribution in [0.1, 0.15) is 32.6 Å². The van der Waals surface area contributed by atoms with Crippen molar-refractivity contribution < 1.29 is 9.47 Å². The first kappa shape index (κ1) is 15.9. The maximum absolute atomic E-state index is 5.43. The summed E-state index contributed by atoms with van der Waals surface area (Å²) in [5, 5.41) is 3.51. The second-order valence-electron chi connectivity index (χ2n) is 5.12. The van der Waals surface area contributed by atoms with Crippen molar-refractivity contribution in [3.63, 3.8) is 0 Å². The quantitative estimate of drug-likeness (QED) is 0.602. The number of rotatable bonds is 10. The fourth-order valence-electron chi connectivity index (χ4n) is 2.49. The molecule has 1 fully saturated rings. The molecular weight excluding hydrogens is 228 g/mol. The van der Waals surface area contributed by atoms with Gasteiger partial charge >= 0.3 is 0 Å². The van der Waals surface area contributed by atoms with Gasteiger partial charge in [0.1, 0.15) is 0 Å². The Morgan fingerprint density at radius 2 is 1.67 bits per heavy atom. The highest BCUT2D eigenvalue weighted by molar-refractivity contribution is 4.85. The molecule has 1 N–H and O–H groups in total. The normalized spacial score (nSPS) is 24.8. The molecule has 0 aromatic rings. The summed E-state index contributed by atoms with van der Waals surface area (Å²) < 4.78 is 10.9. The van der Waals surface area contributed by atoms with E-state index in [1.807, 2.05) is 0 Å². The van der Waals surface area contributed by atoms with Crippen molar-refractivity contribution in [2.24, 2.45) is 0 Å². The van der Waals surface area contributed by atoms with Gasteiger partial charge in [-0.2, -0.15) is 0 Å². The fourth-order valence-corrected chi connectivity index (χ4v) is 2.49. The van der Waals surface area contributed by atoms with Crippen molar-refractivity contribution in [3.05, 3.63) is 0 Å². The third-order valence-electron chi connectivity index (χ3n) is 3.71. The third kappa shape index (κ3) is 5.65. The standard InChI is InChI=1S/C14H30N2O2/c1-4-5-6-7-8-15-9-10-16-11-13(17-2)14(12-16)18-3/h13-15H,4-12H2,1-3H3. The molecule has 1 aliphatic heterocycles. The number of nitrogens with one attached hydrogen (secondary N) is 1. The molecule has 0 bridgehead atoms. The molecule has 0 aromatic carbocycles. The van der Waals surface area contributed by atoms with Crippen LogP contribution in [0.25, 0.3) is 0 Å². The predicted octanol–water partition coefficient (Wildman–Crippen LogP) is 1.50. The minimum atomic E-state index is 0.236. The van der Waals surface area contributed by atoms with Gasteiger partial charge in [0.25, 0.3) is 0 Å². The Bertz CT molecular complexity index is 190. The van der Waals surface area contributed by atoms with Gasteiger partial charge in [-0.1, -0.05) is 26.2 Å². The topological polar surface area (TPSA) is 33.7 Å². The second kappa shape index (κ2) is 9.73. The van der Waals surface area contributed by atoms with E-state index in [2.05, 4.69) is 17.1 Å². The number of hydrogen-bond acceptors (Lipinski definition) is 4. The van der Waals surface area contributed by atoms with E-state index in [9.17, 15) is 0 Å². The van der Waals surface area contributed by atoms with Crippen molar-refractivity contribution in [2.45, 2.75) is 44.8 Å². The van der Waals surface area contributed by atoms with Crippen LogP contribution in [0.3, 0.4) is 0 Å². The zero-order valence-electron chi connectivity index (χ0n) is 12.3. The first-order chi connectivity index (χ1) is 8.81. The van der Waals surface area contributed by atoms with Crippen LogP contribution >= 0.6 is 0 Å². The van der Waals surface area contributed by atoms with Crippen molar-refractivity contribution in [1.29, 1.82) is 0 Å². The van der Waals surface area contributed by atoms with E-state index in [-0.39, 0.29) is 12.2 Å². The summed E-state index contributed by atoms with van der Waals surface area (Å²) >= 11 is 0. The van der Waals surface area contributed by atoms with E-state index in [1.165, 1.54) is 25.7 Å². The Balaban J connectivity index is 2.00. The SMILES string of the molecule is CCCCCCNCCN1CC(OC)C(OC)C1. The van der Waals surface area contributed by atoms with Crippen LogP contribution in [0.4, 0.5) is 0 Å². The molecule has 0 spiro atoms. The van der Waals surface area contributed by atoms with E-state index >= 15 is 0 Å². The highest BCUT2D eigenvalue weighted by Crippen LogP contribution is 2.14. The van der Waals surface area contributed by atoms with Crippen LogP contribution in [0.2, 0.25) is 0 Å². The molecule has 4 nitrogen and oxygen atoms in total. The van der Waals surface area contributed by atoms with E-state index in [0.29, 0.717) is 0 Å². The molecule has 1 heterocycles. The monoisotopic (exact) mass is 258 g/mol. The van der Waals surface area contributed by atoms with Gasteiger partial charge in [-0.3, -0.25) is 4.90 Å². The fraction of sp³-hybridized carbons (Fsp3) is 1.00. The Hall–Kier alpha value is -0.160. The predicted molar refractivity (Wildman–Crippen MR) is 75.0 cm³/mol. The van der Waals surface area contributed by atoms with Crippen molar-refractivity contribution in [3.8, 4) is 0 Å². The lowest BCUT2D eigenvalue weighted by molar-refractivity contribution is -0.00461. The molecule has 18 heavy (non-hydrogen) atoms. The summed E-state index contributed by atoms with van der Waals surface area (Å²) in [5.41, 5.74) is 0. The average molecular weight is 258 g/mol. The van der Waals surface area contributed by atoms with E-state index in [0.717, 1.165) is 32.7 Å². The Kier molecular flexibility index (Phi) is 8.59. The third-order valence-corrected chi connectivity index (χ3v) is 3.71. The average Bonchev–Trinajstić information content (AvgIpc) is 2.80. The lowest BCUT2D eigenvalue weighted by Gasteiger charge is -2.15. The smallest absolute Gasteiger partial charge is 0.0971 e. The summed E-state index contributed by atoms with van der Waals surface area (Å²) in [4.78, 5) is 2.42. The molecule has 0 aromatic heterocycles. The van der Waals surface area contributed by atoms with Crippen molar-refractivity contribution >= 4 is 0 Å². The van der Waals surface area contributed by atoms with Crippen LogP contribution in [-0.4, -0.2) is 64.1 Å². The van der Waals surface area contributed by atoms with Gasteiger partial charge in [0, 0.05) is 40.4 Å². The van der Waals surface area contributed by atoms with Gasteiger partial charge in [0.05, 0.1) is 12.2 Å². The van der Waals surface area contributed by atoms with Crippen LogP contribution in [0.5, 0.6) is 0 Å². The number of nitrogens with zero attached hydrogens (tertiary/aromatic N) is 1. The van der Waals surface area contributed by atoms with Gasteiger partial charge in [-0.15, -0.1) is 0 Å². The van der Waals surface area contributed by atoms with Crippen LogP contribution in [0, 0.1) is 0 Å².